The number of alkyl carbamates (subject to hydrolysis) is 2. The van der Waals surface area contributed by atoms with Crippen molar-refractivity contribution in [2.24, 2.45) is 0 Å². The molecule has 5 atom stereocenters. The monoisotopic (exact) mass is 528 g/mol. The second-order valence-electron chi connectivity index (χ2n) is 10.4. The highest BCUT2D eigenvalue weighted by Crippen LogP contribution is 2.13. The van der Waals surface area contributed by atoms with E-state index >= 15 is 0 Å². The van der Waals surface area contributed by atoms with E-state index in [4.69, 9.17) is 24.0 Å². The smallest absolute Gasteiger partial charge is 0.408 e. The molecule has 0 radical (unpaired) electrons. The third-order valence-corrected chi connectivity index (χ3v) is 4.44. The molecule has 0 heterocycles. The second-order valence-corrected chi connectivity index (χ2v) is 10.4. The lowest BCUT2D eigenvalue weighted by atomic mass is 10.1. The van der Waals surface area contributed by atoms with Crippen LogP contribution in [0.5, 0.6) is 0 Å². The Morgan fingerprint density at radius 1 is 0.838 bits per heavy atom. The van der Waals surface area contributed by atoms with E-state index in [1.807, 2.05) is 6.07 Å². The number of esters is 1. The number of nitrogens with one attached hydrogen (secondary N) is 2. The van der Waals surface area contributed by atoms with Crippen LogP contribution < -0.4 is 10.6 Å². The van der Waals surface area contributed by atoms with Crippen LogP contribution in [0.2, 0.25) is 0 Å². The molecule has 0 fully saturated rings. The molecule has 12 nitrogen and oxygen atoms in total. The summed E-state index contributed by atoms with van der Waals surface area (Å²) in [5, 5.41) is 25.0. The number of carbonyl (C=O) groups is 3. The van der Waals surface area contributed by atoms with Crippen LogP contribution in [0.3, 0.4) is 0 Å². The maximum Gasteiger partial charge on any atom is 0.408 e. The van der Waals surface area contributed by atoms with Gasteiger partial charge in [0.05, 0.1) is 6.10 Å². The van der Waals surface area contributed by atoms with Gasteiger partial charge >= 0.3 is 18.2 Å². The Morgan fingerprint density at radius 2 is 1.35 bits per heavy atom. The molecular weight excluding hydrogens is 488 g/mol. The predicted octanol–water partition coefficient (Wildman–Crippen LogP) is 2.55. The van der Waals surface area contributed by atoms with E-state index in [0.717, 1.165) is 5.56 Å². The lowest BCUT2D eigenvalue weighted by Crippen LogP contribution is -2.54. The van der Waals surface area contributed by atoms with Crippen molar-refractivity contribution < 1.29 is 48.6 Å². The molecule has 12 heteroatoms. The SMILES string of the molecule is CC(O)C(NC(=O)OC(C)(C)C)C(O)OOC(C)C(NC(=O)OC(C)(C)C)C(=O)OCc1ccccc1. The van der Waals surface area contributed by atoms with E-state index in [0.29, 0.717) is 0 Å². The maximum absolute atomic E-state index is 12.8. The van der Waals surface area contributed by atoms with Crippen molar-refractivity contribution in [3.8, 4) is 0 Å². The highest BCUT2D eigenvalue weighted by Gasteiger charge is 2.35. The summed E-state index contributed by atoms with van der Waals surface area (Å²) in [5.74, 6) is -0.848. The van der Waals surface area contributed by atoms with Gasteiger partial charge in [0.2, 0.25) is 6.29 Å². The number of rotatable bonds is 11. The molecule has 0 spiro atoms. The van der Waals surface area contributed by atoms with E-state index in [-0.39, 0.29) is 6.61 Å². The van der Waals surface area contributed by atoms with Gasteiger partial charge in [0.1, 0.15) is 30.0 Å². The zero-order valence-corrected chi connectivity index (χ0v) is 22.6. The van der Waals surface area contributed by atoms with Gasteiger partial charge in [-0.15, -0.1) is 0 Å². The van der Waals surface area contributed by atoms with Gasteiger partial charge in [0.15, 0.2) is 6.04 Å². The van der Waals surface area contributed by atoms with Gasteiger partial charge in [-0.2, -0.15) is 0 Å². The predicted molar refractivity (Wildman–Crippen MR) is 132 cm³/mol. The van der Waals surface area contributed by atoms with Gasteiger partial charge in [0.25, 0.3) is 0 Å². The third-order valence-electron chi connectivity index (χ3n) is 4.44. The van der Waals surface area contributed by atoms with Crippen LogP contribution in [0.1, 0.15) is 61.0 Å². The Morgan fingerprint density at radius 3 is 1.84 bits per heavy atom. The number of carbonyl (C=O) groups excluding carboxylic acids is 3. The van der Waals surface area contributed by atoms with Crippen molar-refractivity contribution in [1.29, 1.82) is 0 Å². The fourth-order valence-electron chi connectivity index (χ4n) is 2.75. The van der Waals surface area contributed by atoms with E-state index in [2.05, 4.69) is 10.6 Å². The Labute approximate surface area is 217 Å². The molecule has 0 saturated carbocycles. The minimum Gasteiger partial charge on any atom is -0.459 e. The molecule has 1 aromatic carbocycles. The van der Waals surface area contributed by atoms with Crippen LogP contribution in [0.25, 0.3) is 0 Å². The molecule has 0 saturated heterocycles. The minimum absolute atomic E-state index is 0.0632. The zero-order valence-electron chi connectivity index (χ0n) is 22.6. The van der Waals surface area contributed by atoms with E-state index in [1.165, 1.54) is 13.8 Å². The molecule has 4 N–H and O–H groups in total. The van der Waals surface area contributed by atoms with E-state index in [1.54, 1.807) is 65.8 Å². The number of aliphatic hydroxyl groups excluding tert-OH is 2. The van der Waals surface area contributed by atoms with Crippen LogP contribution in [0.4, 0.5) is 9.59 Å². The average molecular weight is 529 g/mol. The lowest BCUT2D eigenvalue weighted by Gasteiger charge is -2.29. The normalized spacial score (nSPS) is 15.9. The van der Waals surface area contributed by atoms with Gasteiger partial charge in [-0.1, -0.05) is 30.3 Å². The van der Waals surface area contributed by atoms with Crippen LogP contribution in [-0.4, -0.2) is 70.2 Å². The summed E-state index contributed by atoms with van der Waals surface area (Å²) >= 11 is 0. The van der Waals surface area contributed by atoms with Gasteiger partial charge in [0, 0.05) is 0 Å². The molecule has 0 aliphatic carbocycles. The molecule has 37 heavy (non-hydrogen) atoms. The topological polar surface area (TPSA) is 162 Å². The standard InChI is InChI=1S/C25H40N2O10/c1-15(28)18(26-22(31)34-24(3,4)5)21(30)37-36-16(2)19(27-23(32)35-25(6,7)8)20(29)33-14-17-12-10-9-11-13-17/h9-13,15-16,18-19,21,28,30H,14H2,1-8H3,(H,26,31)(H,27,32). The molecule has 0 aliphatic heterocycles. The van der Waals surface area contributed by atoms with Crippen molar-refractivity contribution in [3.63, 3.8) is 0 Å². The number of hydrogen-bond acceptors (Lipinski definition) is 10. The third kappa shape index (κ3) is 13.3. The summed E-state index contributed by atoms with van der Waals surface area (Å²) in [6.45, 7) is 12.5. The van der Waals surface area contributed by atoms with Crippen LogP contribution in [0, 0.1) is 0 Å². The van der Waals surface area contributed by atoms with Gasteiger partial charge < -0.3 is 35.1 Å². The van der Waals surface area contributed by atoms with Crippen molar-refractivity contribution >= 4 is 18.2 Å². The first kappa shape index (κ1) is 32.1. The summed E-state index contributed by atoms with van der Waals surface area (Å²) in [6, 6.07) is 6.16. The highest BCUT2D eigenvalue weighted by molar-refractivity contribution is 5.82. The quantitative estimate of drug-likeness (QED) is 0.110. The minimum atomic E-state index is -1.86. The highest BCUT2D eigenvalue weighted by atomic mass is 17.2. The first-order chi connectivity index (χ1) is 17.0. The Balaban J connectivity index is 2.88. The van der Waals surface area contributed by atoms with Crippen molar-refractivity contribution in [2.75, 3.05) is 0 Å². The summed E-state index contributed by atoms with van der Waals surface area (Å²) in [4.78, 5) is 47.3. The molecule has 0 aliphatic rings. The molecule has 1 rings (SSSR count). The second kappa shape index (κ2) is 14.1. The summed E-state index contributed by atoms with van der Waals surface area (Å²) in [7, 11) is 0. The Bertz CT molecular complexity index is 864. The molecule has 2 amide bonds. The summed E-state index contributed by atoms with van der Waals surface area (Å²) in [6.07, 6.45) is -6.13. The van der Waals surface area contributed by atoms with Crippen molar-refractivity contribution in [2.45, 2.75) is 104 Å². The Kier molecular flexibility index (Phi) is 12.3. The molecule has 210 valence electrons. The maximum atomic E-state index is 12.8. The van der Waals surface area contributed by atoms with Gasteiger partial charge in [-0.05, 0) is 61.0 Å². The van der Waals surface area contributed by atoms with Crippen LogP contribution in [-0.2, 0) is 35.4 Å². The van der Waals surface area contributed by atoms with Gasteiger partial charge in [-0.25, -0.2) is 24.2 Å². The summed E-state index contributed by atoms with van der Waals surface area (Å²) < 4.78 is 15.6. The zero-order chi connectivity index (χ0) is 28.4. The number of aliphatic hydroxyl groups is 2. The molecule has 0 aromatic heterocycles. The first-order valence-corrected chi connectivity index (χ1v) is 11.9. The largest absolute Gasteiger partial charge is 0.459 e. The van der Waals surface area contributed by atoms with Crippen molar-refractivity contribution in [1.82, 2.24) is 10.6 Å². The number of amides is 2. The van der Waals surface area contributed by atoms with Gasteiger partial charge in [-0.3, -0.25) is 0 Å². The van der Waals surface area contributed by atoms with Crippen LogP contribution in [0.15, 0.2) is 30.3 Å². The Hall–Kier alpha value is -2.93. The summed E-state index contributed by atoms with van der Waals surface area (Å²) in [5.41, 5.74) is -0.928. The fraction of sp³-hybridized carbons (Fsp3) is 0.640. The fourth-order valence-corrected chi connectivity index (χ4v) is 2.75. The molecule has 5 unspecified atom stereocenters. The number of hydrogen-bond donors (Lipinski definition) is 4. The van der Waals surface area contributed by atoms with E-state index < -0.39 is 59.9 Å². The van der Waals surface area contributed by atoms with Crippen LogP contribution >= 0.6 is 0 Å². The number of benzene rings is 1. The average Bonchev–Trinajstić information content (AvgIpc) is 2.75. The lowest BCUT2D eigenvalue weighted by molar-refractivity contribution is -0.397. The molecular formula is C25H40N2O10. The first-order valence-electron chi connectivity index (χ1n) is 11.9. The van der Waals surface area contributed by atoms with Crippen molar-refractivity contribution in [3.05, 3.63) is 35.9 Å². The molecule has 0 bridgehead atoms. The van der Waals surface area contributed by atoms with E-state index in [9.17, 15) is 24.6 Å². The number of ether oxygens (including phenoxy) is 3. The molecule has 1 aromatic rings.